The normalized spacial score (nSPS) is 15.9. The van der Waals surface area contributed by atoms with Crippen molar-refractivity contribution in [2.24, 2.45) is 0 Å². The Morgan fingerprint density at radius 1 is 1.11 bits per heavy atom. The Morgan fingerprint density at radius 2 is 1.78 bits per heavy atom. The monoisotopic (exact) mass is 393 g/mol. The van der Waals surface area contributed by atoms with E-state index in [1.54, 1.807) is 6.20 Å². The van der Waals surface area contributed by atoms with Gasteiger partial charge in [0, 0.05) is 49.8 Å². The zero-order valence-electron chi connectivity index (χ0n) is 15.4. The fourth-order valence-corrected chi connectivity index (χ4v) is 4.06. The average molecular weight is 393 g/mol. The first-order valence-corrected chi connectivity index (χ1v) is 10.6. The molecule has 1 amide bonds. The van der Waals surface area contributed by atoms with Crippen molar-refractivity contribution < 1.29 is 22.7 Å². The highest BCUT2D eigenvalue weighted by Crippen LogP contribution is 2.22. The van der Waals surface area contributed by atoms with E-state index in [4.69, 9.17) is 4.74 Å². The number of sulfonamides is 1. The molecule has 8 nitrogen and oxygen atoms in total. The molecule has 0 radical (unpaired) electrons. The van der Waals surface area contributed by atoms with Gasteiger partial charge < -0.3 is 14.2 Å². The summed E-state index contributed by atoms with van der Waals surface area (Å²) in [6, 6.07) is 7.54. The largest absolute Gasteiger partial charge is 0.452 e. The minimum Gasteiger partial charge on any atom is -0.452 e. The van der Waals surface area contributed by atoms with Crippen LogP contribution < -0.4 is 0 Å². The summed E-state index contributed by atoms with van der Waals surface area (Å²) in [5, 5.41) is 0.790. The van der Waals surface area contributed by atoms with Crippen LogP contribution in [0.3, 0.4) is 0 Å². The van der Waals surface area contributed by atoms with Gasteiger partial charge in [-0.05, 0) is 13.0 Å². The third kappa shape index (κ3) is 4.14. The summed E-state index contributed by atoms with van der Waals surface area (Å²) in [6.07, 6.45) is 2.89. The molecule has 1 aliphatic heterocycles. The first-order chi connectivity index (χ1) is 12.8. The molecule has 27 heavy (non-hydrogen) atoms. The number of para-hydroxylation sites is 1. The van der Waals surface area contributed by atoms with Gasteiger partial charge in [0.15, 0.2) is 6.61 Å². The number of hydrogen-bond donors (Lipinski definition) is 0. The molecule has 2 aromatic rings. The summed E-state index contributed by atoms with van der Waals surface area (Å²) in [7, 11) is -3.25. The van der Waals surface area contributed by atoms with Crippen molar-refractivity contribution >= 4 is 32.8 Å². The standard InChI is InChI=1S/C18H23N3O5S/c1-3-19-12-15(14-6-4-5-7-16(14)19)18(23)26-13-17(22)20-8-10-21(11-9-20)27(2,24)25/h4-7,12H,3,8-11,13H2,1-2H3. The van der Waals surface area contributed by atoms with Gasteiger partial charge in [0.1, 0.15) is 0 Å². The van der Waals surface area contributed by atoms with Gasteiger partial charge in [-0.15, -0.1) is 0 Å². The minimum absolute atomic E-state index is 0.252. The smallest absolute Gasteiger partial charge is 0.340 e. The zero-order valence-corrected chi connectivity index (χ0v) is 16.2. The van der Waals surface area contributed by atoms with Gasteiger partial charge in [-0.2, -0.15) is 4.31 Å². The van der Waals surface area contributed by atoms with Crippen LogP contribution >= 0.6 is 0 Å². The predicted molar refractivity (Wildman–Crippen MR) is 101 cm³/mol. The van der Waals surface area contributed by atoms with E-state index in [0.29, 0.717) is 18.7 Å². The number of esters is 1. The minimum atomic E-state index is -3.25. The summed E-state index contributed by atoms with van der Waals surface area (Å²) < 4.78 is 31.6. The second kappa shape index (κ2) is 7.69. The van der Waals surface area contributed by atoms with E-state index in [9.17, 15) is 18.0 Å². The first-order valence-electron chi connectivity index (χ1n) is 8.79. The molecule has 0 unspecified atom stereocenters. The summed E-state index contributed by atoms with van der Waals surface area (Å²) in [5.74, 6) is -0.864. The van der Waals surface area contributed by atoms with Crippen LogP contribution in [0.25, 0.3) is 10.9 Å². The van der Waals surface area contributed by atoms with Gasteiger partial charge in [-0.25, -0.2) is 13.2 Å². The second-order valence-electron chi connectivity index (χ2n) is 6.46. The number of benzene rings is 1. The molecule has 2 heterocycles. The van der Waals surface area contributed by atoms with Crippen LogP contribution in [0.5, 0.6) is 0 Å². The second-order valence-corrected chi connectivity index (χ2v) is 8.45. The average Bonchev–Trinajstić information content (AvgIpc) is 3.04. The number of fused-ring (bicyclic) bond motifs is 1. The number of aromatic nitrogens is 1. The molecule has 0 N–H and O–H groups in total. The van der Waals surface area contributed by atoms with E-state index in [1.807, 2.05) is 35.8 Å². The number of nitrogens with zero attached hydrogens (tertiary/aromatic N) is 3. The van der Waals surface area contributed by atoms with Gasteiger partial charge in [-0.3, -0.25) is 4.79 Å². The lowest BCUT2D eigenvalue weighted by Gasteiger charge is -2.33. The summed E-state index contributed by atoms with van der Waals surface area (Å²) in [4.78, 5) is 26.3. The molecule has 146 valence electrons. The van der Waals surface area contributed by atoms with Crippen LogP contribution in [0.4, 0.5) is 0 Å². The van der Waals surface area contributed by atoms with Gasteiger partial charge in [0.05, 0.1) is 11.8 Å². The maximum absolute atomic E-state index is 12.5. The fourth-order valence-electron chi connectivity index (χ4n) is 3.24. The number of amides is 1. The number of carbonyl (C=O) groups excluding carboxylic acids is 2. The molecule has 1 fully saturated rings. The van der Waals surface area contributed by atoms with Crippen molar-refractivity contribution in [3.8, 4) is 0 Å². The molecule has 0 bridgehead atoms. The summed E-state index contributed by atoms with van der Waals surface area (Å²) >= 11 is 0. The van der Waals surface area contributed by atoms with Crippen molar-refractivity contribution in [2.45, 2.75) is 13.5 Å². The fraction of sp³-hybridized carbons (Fsp3) is 0.444. The van der Waals surface area contributed by atoms with Gasteiger partial charge in [0.25, 0.3) is 5.91 Å². The summed E-state index contributed by atoms with van der Waals surface area (Å²) in [6.45, 7) is 3.43. The third-order valence-corrected chi connectivity index (χ3v) is 6.04. The number of rotatable bonds is 5. The Labute approximate surface area is 158 Å². The van der Waals surface area contributed by atoms with E-state index >= 15 is 0 Å². The lowest BCUT2D eigenvalue weighted by atomic mass is 10.2. The van der Waals surface area contributed by atoms with Crippen molar-refractivity contribution in [3.63, 3.8) is 0 Å². The number of carbonyl (C=O) groups is 2. The SMILES string of the molecule is CCn1cc(C(=O)OCC(=O)N2CCN(S(C)(=O)=O)CC2)c2ccccc21. The molecule has 0 aliphatic carbocycles. The third-order valence-electron chi connectivity index (χ3n) is 4.74. The molecular formula is C18H23N3O5S. The Morgan fingerprint density at radius 3 is 2.41 bits per heavy atom. The Bertz CT molecular complexity index is 959. The van der Waals surface area contributed by atoms with Crippen LogP contribution in [-0.4, -0.2) is 73.1 Å². The van der Waals surface area contributed by atoms with Crippen LogP contribution in [0.15, 0.2) is 30.5 Å². The molecule has 9 heteroatoms. The van der Waals surface area contributed by atoms with Crippen LogP contribution in [0.1, 0.15) is 17.3 Å². The number of hydrogen-bond acceptors (Lipinski definition) is 5. The van der Waals surface area contributed by atoms with Crippen LogP contribution in [0, 0.1) is 0 Å². The van der Waals surface area contributed by atoms with Crippen molar-refractivity contribution in [3.05, 3.63) is 36.0 Å². The molecule has 3 rings (SSSR count). The Kier molecular flexibility index (Phi) is 5.52. The topological polar surface area (TPSA) is 88.9 Å². The van der Waals surface area contributed by atoms with E-state index in [-0.39, 0.29) is 25.6 Å². The summed E-state index contributed by atoms with van der Waals surface area (Å²) in [5.41, 5.74) is 1.37. The van der Waals surface area contributed by atoms with Crippen molar-refractivity contribution in [1.82, 2.24) is 13.8 Å². The maximum Gasteiger partial charge on any atom is 0.340 e. The Hall–Kier alpha value is -2.39. The van der Waals surface area contributed by atoms with E-state index in [1.165, 1.54) is 9.21 Å². The van der Waals surface area contributed by atoms with Gasteiger partial charge in [0.2, 0.25) is 10.0 Å². The molecule has 1 aromatic carbocycles. The molecule has 0 atom stereocenters. The lowest BCUT2D eigenvalue weighted by molar-refractivity contribution is -0.135. The highest BCUT2D eigenvalue weighted by Gasteiger charge is 2.26. The molecule has 1 saturated heterocycles. The number of piperazine rings is 1. The molecule has 1 aromatic heterocycles. The van der Waals surface area contributed by atoms with Crippen LogP contribution in [0.2, 0.25) is 0 Å². The van der Waals surface area contributed by atoms with Crippen molar-refractivity contribution in [2.75, 3.05) is 39.0 Å². The van der Waals surface area contributed by atoms with Gasteiger partial charge in [-0.1, -0.05) is 18.2 Å². The number of ether oxygens (including phenoxy) is 1. The number of aryl methyl sites for hydroxylation is 1. The predicted octanol–water partition coefficient (Wildman–Crippen LogP) is 0.922. The molecular weight excluding hydrogens is 370 g/mol. The maximum atomic E-state index is 12.5. The molecule has 0 spiro atoms. The van der Waals surface area contributed by atoms with Crippen molar-refractivity contribution in [1.29, 1.82) is 0 Å². The zero-order chi connectivity index (χ0) is 19.6. The lowest BCUT2D eigenvalue weighted by Crippen LogP contribution is -2.51. The highest BCUT2D eigenvalue weighted by molar-refractivity contribution is 7.88. The van der Waals surface area contributed by atoms with E-state index in [0.717, 1.165) is 23.7 Å². The molecule has 0 saturated carbocycles. The van der Waals surface area contributed by atoms with Crippen LogP contribution in [-0.2, 0) is 26.1 Å². The van der Waals surface area contributed by atoms with E-state index < -0.39 is 16.0 Å². The first kappa shape index (κ1) is 19.4. The van der Waals surface area contributed by atoms with E-state index in [2.05, 4.69) is 0 Å². The molecule has 1 aliphatic rings. The quantitative estimate of drug-likeness (QED) is 0.705. The van der Waals surface area contributed by atoms with Gasteiger partial charge >= 0.3 is 5.97 Å². The Balaban J connectivity index is 1.61. The highest BCUT2D eigenvalue weighted by atomic mass is 32.2.